The Morgan fingerprint density at radius 2 is 1.74 bits per heavy atom. The van der Waals surface area contributed by atoms with E-state index in [1.54, 1.807) is 19.1 Å². The Kier molecular flexibility index (Phi) is 11.8. The molecular formula is C31H45N3O5. The van der Waals surface area contributed by atoms with Crippen molar-refractivity contribution in [2.75, 3.05) is 53.6 Å². The lowest BCUT2D eigenvalue weighted by Gasteiger charge is -2.33. The molecule has 39 heavy (non-hydrogen) atoms. The van der Waals surface area contributed by atoms with E-state index in [-0.39, 0.29) is 36.1 Å². The van der Waals surface area contributed by atoms with E-state index in [4.69, 9.17) is 9.47 Å². The summed E-state index contributed by atoms with van der Waals surface area (Å²) in [5, 5.41) is 13.9. The second kappa shape index (κ2) is 15.0. The monoisotopic (exact) mass is 539 g/mol. The Bertz CT molecular complexity index is 1060. The van der Waals surface area contributed by atoms with Gasteiger partial charge < -0.3 is 29.7 Å². The number of carbonyl (C=O) groups excluding carboxylic acids is 2. The van der Waals surface area contributed by atoms with Crippen LogP contribution in [0.1, 0.15) is 54.3 Å². The average Bonchev–Trinajstić information content (AvgIpc) is 3.36. The summed E-state index contributed by atoms with van der Waals surface area (Å²) in [6, 6.07) is 14.9. The summed E-state index contributed by atoms with van der Waals surface area (Å²) in [5.41, 5.74) is 2.34. The summed E-state index contributed by atoms with van der Waals surface area (Å²) in [5.74, 6) is 1.03. The molecule has 3 rings (SSSR count). The molecule has 2 aromatic rings. The van der Waals surface area contributed by atoms with Crippen molar-refractivity contribution in [2.45, 2.75) is 45.8 Å². The maximum atomic E-state index is 13.6. The topological polar surface area (TPSA) is 91.3 Å². The van der Waals surface area contributed by atoms with Crippen LogP contribution < -0.4 is 10.1 Å². The van der Waals surface area contributed by atoms with Gasteiger partial charge in [0.15, 0.2) is 0 Å². The minimum Gasteiger partial charge on any atom is -0.493 e. The van der Waals surface area contributed by atoms with Crippen molar-refractivity contribution >= 4 is 11.8 Å². The SMILES string of the molecule is COCCCOc1cc(C(=O)N(C[C@@H]2CNC[C@H]2CN(C)C(=O)C[C@@H](O)c2ccccc2)C(C)C)ccc1C. The van der Waals surface area contributed by atoms with E-state index >= 15 is 0 Å². The molecule has 0 aliphatic carbocycles. The quantitative estimate of drug-likeness (QED) is 0.356. The Hall–Kier alpha value is -2.94. The van der Waals surface area contributed by atoms with Gasteiger partial charge in [-0.15, -0.1) is 0 Å². The fourth-order valence-electron chi connectivity index (χ4n) is 5.00. The molecule has 1 fully saturated rings. The predicted molar refractivity (Wildman–Crippen MR) is 153 cm³/mol. The predicted octanol–water partition coefficient (Wildman–Crippen LogP) is 3.68. The fourth-order valence-corrected chi connectivity index (χ4v) is 5.00. The number of aryl methyl sites for hydroxylation is 1. The van der Waals surface area contributed by atoms with Crippen molar-refractivity contribution in [3.8, 4) is 5.75 Å². The lowest BCUT2D eigenvalue weighted by molar-refractivity contribution is -0.132. The molecule has 1 saturated heterocycles. The lowest BCUT2D eigenvalue weighted by atomic mass is 9.93. The lowest BCUT2D eigenvalue weighted by Crippen LogP contribution is -2.44. The van der Waals surface area contributed by atoms with Crippen molar-refractivity contribution in [3.63, 3.8) is 0 Å². The standard InChI is InChI=1S/C31H45N3O5/c1-22(2)34(31(37)25-13-12-23(3)29(16-25)39-15-9-14-38-5)21-27-19-32-18-26(27)20-33(4)30(36)17-28(35)24-10-7-6-8-11-24/h6-8,10-13,16,22,26-28,32,35H,9,14-15,17-21H2,1-5H3/t26-,27-,28+/m0/s1. The minimum atomic E-state index is -0.823. The summed E-state index contributed by atoms with van der Waals surface area (Å²) >= 11 is 0. The molecule has 0 unspecified atom stereocenters. The largest absolute Gasteiger partial charge is 0.493 e. The molecule has 0 radical (unpaired) electrons. The fraction of sp³-hybridized carbons (Fsp3) is 0.548. The number of nitrogens with zero attached hydrogens (tertiary/aromatic N) is 2. The van der Waals surface area contributed by atoms with E-state index in [2.05, 4.69) is 5.32 Å². The van der Waals surface area contributed by atoms with E-state index in [1.165, 1.54) is 0 Å². The van der Waals surface area contributed by atoms with Crippen molar-refractivity contribution in [1.29, 1.82) is 0 Å². The Morgan fingerprint density at radius 3 is 2.41 bits per heavy atom. The summed E-state index contributed by atoms with van der Waals surface area (Å²) < 4.78 is 11.0. The van der Waals surface area contributed by atoms with Gasteiger partial charge in [0.25, 0.3) is 5.91 Å². The first kappa shape index (κ1) is 30.6. The van der Waals surface area contributed by atoms with Crippen molar-refractivity contribution in [2.24, 2.45) is 11.8 Å². The van der Waals surface area contributed by atoms with Gasteiger partial charge in [-0.2, -0.15) is 0 Å². The number of amides is 2. The van der Waals surface area contributed by atoms with Gasteiger partial charge in [0.2, 0.25) is 5.91 Å². The highest BCUT2D eigenvalue weighted by atomic mass is 16.5. The number of nitrogens with one attached hydrogen (secondary N) is 1. The van der Waals surface area contributed by atoms with Crippen LogP contribution in [0.25, 0.3) is 0 Å². The highest BCUT2D eigenvalue weighted by Crippen LogP contribution is 2.25. The van der Waals surface area contributed by atoms with Crippen molar-refractivity contribution in [3.05, 3.63) is 65.2 Å². The zero-order chi connectivity index (χ0) is 28.4. The maximum Gasteiger partial charge on any atom is 0.254 e. The average molecular weight is 540 g/mol. The van der Waals surface area contributed by atoms with Crippen LogP contribution in [0.15, 0.2) is 48.5 Å². The highest BCUT2D eigenvalue weighted by molar-refractivity contribution is 5.95. The molecule has 1 aliphatic heterocycles. The molecule has 2 N–H and O–H groups in total. The van der Waals surface area contributed by atoms with E-state index in [1.807, 2.05) is 74.2 Å². The number of methoxy groups -OCH3 is 1. The van der Waals surface area contributed by atoms with Crippen LogP contribution in [0.4, 0.5) is 0 Å². The van der Waals surface area contributed by atoms with Crippen LogP contribution in [0.3, 0.4) is 0 Å². The summed E-state index contributed by atoms with van der Waals surface area (Å²) in [6.07, 6.45) is 0.00597. The third kappa shape index (κ3) is 8.78. The number of aliphatic hydroxyl groups excluding tert-OH is 1. The Labute approximate surface area is 233 Å². The summed E-state index contributed by atoms with van der Waals surface area (Å²) in [6.45, 7) is 9.95. The third-order valence-electron chi connectivity index (χ3n) is 7.47. The number of benzene rings is 2. The molecule has 214 valence electrons. The van der Waals surface area contributed by atoms with E-state index in [9.17, 15) is 14.7 Å². The number of rotatable bonds is 14. The number of carbonyl (C=O) groups is 2. The first-order chi connectivity index (χ1) is 18.7. The number of hydrogen-bond acceptors (Lipinski definition) is 6. The van der Waals surface area contributed by atoms with Gasteiger partial charge in [0, 0.05) is 65.0 Å². The highest BCUT2D eigenvalue weighted by Gasteiger charge is 2.33. The Balaban J connectivity index is 1.62. The molecule has 0 bridgehead atoms. The van der Waals surface area contributed by atoms with E-state index in [0.717, 1.165) is 36.4 Å². The van der Waals surface area contributed by atoms with Gasteiger partial charge in [-0.3, -0.25) is 9.59 Å². The van der Waals surface area contributed by atoms with E-state index in [0.29, 0.717) is 31.9 Å². The second-order valence-electron chi connectivity index (χ2n) is 10.8. The molecule has 0 spiro atoms. The smallest absolute Gasteiger partial charge is 0.254 e. The zero-order valence-electron chi connectivity index (χ0n) is 24.1. The minimum absolute atomic E-state index is 0.0199. The normalized spacial score (nSPS) is 17.7. The van der Waals surface area contributed by atoms with E-state index < -0.39 is 6.10 Å². The van der Waals surface area contributed by atoms with Crippen LogP contribution in [-0.4, -0.2) is 86.3 Å². The first-order valence-corrected chi connectivity index (χ1v) is 13.9. The molecule has 8 heteroatoms. The molecule has 2 amide bonds. The van der Waals surface area contributed by atoms with Gasteiger partial charge in [-0.25, -0.2) is 0 Å². The summed E-state index contributed by atoms with van der Waals surface area (Å²) in [4.78, 5) is 30.2. The van der Waals surface area contributed by atoms with Crippen LogP contribution in [-0.2, 0) is 9.53 Å². The maximum absolute atomic E-state index is 13.6. The van der Waals surface area contributed by atoms with Crippen molar-refractivity contribution in [1.82, 2.24) is 15.1 Å². The third-order valence-corrected chi connectivity index (χ3v) is 7.47. The first-order valence-electron chi connectivity index (χ1n) is 13.9. The molecular weight excluding hydrogens is 494 g/mol. The Morgan fingerprint density at radius 1 is 1.05 bits per heavy atom. The molecule has 2 aromatic carbocycles. The zero-order valence-corrected chi connectivity index (χ0v) is 24.1. The van der Waals surface area contributed by atoms with Gasteiger partial charge in [-0.1, -0.05) is 36.4 Å². The molecule has 0 aromatic heterocycles. The number of hydrogen-bond donors (Lipinski definition) is 2. The second-order valence-corrected chi connectivity index (χ2v) is 10.8. The number of aliphatic hydroxyl groups is 1. The van der Waals surface area contributed by atoms with Crippen molar-refractivity contribution < 1.29 is 24.2 Å². The molecule has 8 nitrogen and oxygen atoms in total. The van der Waals surface area contributed by atoms with Crippen LogP contribution in [0.2, 0.25) is 0 Å². The number of ether oxygens (including phenoxy) is 2. The molecule has 0 saturated carbocycles. The van der Waals surface area contributed by atoms with Crippen LogP contribution >= 0.6 is 0 Å². The van der Waals surface area contributed by atoms with Crippen LogP contribution in [0.5, 0.6) is 5.75 Å². The van der Waals surface area contributed by atoms with Gasteiger partial charge in [0.05, 0.1) is 19.1 Å². The van der Waals surface area contributed by atoms with Crippen LogP contribution in [0, 0.1) is 18.8 Å². The van der Waals surface area contributed by atoms with Gasteiger partial charge in [-0.05, 0) is 55.9 Å². The van der Waals surface area contributed by atoms with Gasteiger partial charge >= 0.3 is 0 Å². The molecule has 1 heterocycles. The molecule has 3 atom stereocenters. The van der Waals surface area contributed by atoms with Gasteiger partial charge in [0.1, 0.15) is 5.75 Å². The molecule has 1 aliphatic rings. The summed E-state index contributed by atoms with van der Waals surface area (Å²) in [7, 11) is 3.46.